The lowest BCUT2D eigenvalue weighted by atomic mass is 10.2. The number of hydrogen-bond acceptors (Lipinski definition) is 5. The largest absolute Gasteiger partial charge is 0.508 e. The van der Waals surface area contributed by atoms with Crippen molar-refractivity contribution in [3.8, 4) is 5.75 Å². The number of hydrogen-bond donors (Lipinski definition) is 1. The topological polar surface area (TPSA) is 84.7 Å². The van der Waals surface area contributed by atoms with Crippen molar-refractivity contribution in [3.63, 3.8) is 0 Å². The van der Waals surface area contributed by atoms with Crippen molar-refractivity contribution in [1.82, 2.24) is 14.5 Å². The van der Waals surface area contributed by atoms with Gasteiger partial charge < -0.3 is 14.7 Å². The van der Waals surface area contributed by atoms with Crippen LogP contribution >= 0.6 is 0 Å². The molecule has 0 spiro atoms. The van der Waals surface area contributed by atoms with Gasteiger partial charge in [-0.25, -0.2) is 9.78 Å². The van der Waals surface area contributed by atoms with Crippen LogP contribution in [0.15, 0.2) is 29.3 Å². The van der Waals surface area contributed by atoms with Gasteiger partial charge in [-0.05, 0) is 39.0 Å². The van der Waals surface area contributed by atoms with Gasteiger partial charge in [-0.1, -0.05) is 0 Å². The van der Waals surface area contributed by atoms with Crippen LogP contribution in [0.5, 0.6) is 5.75 Å². The molecule has 1 aromatic heterocycles. The van der Waals surface area contributed by atoms with Crippen molar-refractivity contribution in [2.24, 2.45) is 11.8 Å². The molecule has 0 bridgehead atoms. The third kappa shape index (κ3) is 2.73. The summed E-state index contributed by atoms with van der Waals surface area (Å²) in [6.45, 7) is 6.73. The maximum absolute atomic E-state index is 12.7. The summed E-state index contributed by atoms with van der Waals surface area (Å²) in [6, 6.07) is 4.66. The Balaban J connectivity index is 1.52. The van der Waals surface area contributed by atoms with E-state index in [2.05, 4.69) is 4.98 Å². The van der Waals surface area contributed by atoms with Crippen molar-refractivity contribution < 1.29 is 14.6 Å². The Morgan fingerprint density at radius 1 is 1.28 bits per heavy atom. The minimum Gasteiger partial charge on any atom is -0.508 e. The number of phenols is 1. The van der Waals surface area contributed by atoms with Crippen LogP contribution in [0.3, 0.4) is 0 Å². The Morgan fingerprint density at radius 3 is 2.60 bits per heavy atom. The molecule has 1 aliphatic heterocycles. The zero-order valence-corrected chi connectivity index (χ0v) is 14.5. The van der Waals surface area contributed by atoms with Crippen molar-refractivity contribution in [2.45, 2.75) is 32.4 Å². The second-order valence-electron chi connectivity index (χ2n) is 7.86. The van der Waals surface area contributed by atoms with E-state index in [1.807, 2.05) is 20.8 Å². The van der Waals surface area contributed by atoms with Crippen molar-refractivity contribution in [3.05, 3.63) is 34.9 Å². The zero-order chi connectivity index (χ0) is 17.9. The van der Waals surface area contributed by atoms with E-state index in [0.29, 0.717) is 24.0 Å². The first-order valence-electron chi connectivity index (χ1n) is 8.42. The molecule has 25 heavy (non-hydrogen) atoms. The number of fused-ring (bicyclic) bond motifs is 2. The molecule has 1 N–H and O–H groups in total. The van der Waals surface area contributed by atoms with E-state index in [-0.39, 0.29) is 35.3 Å². The highest BCUT2D eigenvalue weighted by molar-refractivity contribution is 5.78. The third-order valence-corrected chi connectivity index (χ3v) is 4.89. The number of rotatable bonds is 1. The Morgan fingerprint density at radius 2 is 1.96 bits per heavy atom. The fourth-order valence-electron chi connectivity index (χ4n) is 3.72. The van der Waals surface area contributed by atoms with Crippen LogP contribution < -0.4 is 5.56 Å². The highest BCUT2D eigenvalue weighted by atomic mass is 16.6. The van der Waals surface area contributed by atoms with Gasteiger partial charge in [-0.3, -0.25) is 9.36 Å². The summed E-state index contributed by atoms with van der Waals surface area (Å²) in [6.07, 6.45) is 1.27. The number of amides is 1. The quantitative estimate of drug-likeness (QED) is 0.857. The van der Waals surface area contributed by atoms with Gasteiger partial charge in [0, 0.05) is 31.0 Å². The molecule has 4 rings (SSSR count). The number of benzene rings is 1. The van der Waals surface area contributed by atoms with Crippen LogP contribution in [0.25, 0.3) is 10.9 Å². The predicted octanol–water partition coefficient (Wildman–Crippen LogP) is 2.14. The molecule has 1 saturated heterocycles. The highest BCUT2D eigenvalue weighted by Gasteiger charge is 2.58. The smallest absolute Gasteiger partial charge is 0.410 e. The zero-order valence-electron chi connectivity index (χ0n) is 14.5. The van der Waals surface area contributed by atoms with Crippen LogP contribution in [0.1, 0.15) is 26.8 Å². The van der Waals surface area contributed by atoms with Crippen molar-refractivity contribution in [1.29, 1.82) is 0 Å². The Bertz CT molecular complexity index is 903. The number of nitrogens with zero attached hydrogens (tertiary/aromatic N) is 3. The van der Waals surface area contributed by atoms with Gasteiger partial charge in [0.15, 0.2) is 0 Å². The summed E-state index contributed by atoms with van der Waals surface area (Å²) in [5, 5.41) is 10.0. The number of phenolic OH excluding ortho intramolecular Hbond substituents is 1. The molecule has 0 unspecified atom stereocenters. The van der Waals surface area contributed by atoms with Crippen LogP contribution in [0.4, 0.5) is 4.79 Å². The number of carbonyl (C=O) groups is 1. The summed E-state index contributed by atoms with van der Waals surface area (Å²) in [5.41, 5.74) is -0.0888. The average Bonchev–Trinajstić information content (AvgIpc) is 2.99. The SMILES string of the molecule is CC(C)(C)OC(=O)N1C[C@@H]2[C@H](C1)[C@H]2n1cnc2ccc(O)cc2c1=O. The summed E-state index contributed by atoms with van der Waals surface area (Å²) >= 11 is 0. The van der Waals surface area contributed by atoms with Gasteiger partial charge in [0.1, 0.15) is 11.4 Å². The van der Waals surface area contributed by atoms with E-state index < -0.39 is 5.60 Å². The molecule has 7 nitrogen and oxygen atoms in total. The molecule has 1 amide bonds. The molecule has 132 valence electrons. The summed E-state index contributed by atoms with van der Waals surface area (Å²) in [5.74, 6) is 0.555. The van der Waals surface area contributed by atoms with Crippen molar-refractivity contribution >= 4 is 17.0 Å². The van der Waals surface area contributed by atoms with Gasteiger partial charge in [0.05, 0.1) is 17.2 Å². The molecule has 7 heteroatoms. The maximum atomic E-state index is 12.7. The summed E-state index contributed by atoms with van der Waals surface area (Å²) in [7, 11) is 0. The number of ether oxygens (including phenoxy) is 1. The van der Waals surface area contributed by atoms with E-state index in [1.165, 1.54) is 12.1 Å². The monoisotopic (exact) mass is 343 g/mol. The van der Waals surface area contributed by atoms with E-state index in [1.54, 1.807) is 21.9 Å². The van der Waals surface area contributed by atoms with Gasteiger partial charge in [-0.2, -0.15) is 0 Å². The lowest BCUT2D eigenvalue weighted by molar-refractivity contribution is 0.0266. The molecule has 2 heterocycles. The molecule has 2 fully saturated rings. The van der Waals surface area contributed by atoms with Crippen LogP contribution in [0, 0.1) is 11.8 Å². The molecule has 2 aromatic rings. The summed E-state index contributed by atoms with van der Waals surface area (Å²) in [4.78, 5) is 30.9. The normalized spacial score (nSPS) is 25.1. The van der Waals surface area contributed by atoms with Gasteiger partial charge in [0.2, 0.25) is 0 Å². The molecule has 1 aliphatic carbocycles. The minimum atomic E-state index is -0.509. The number of likely N-dealkylation sites (tertiary alicyclic amines) is 1. The molecule has 2 aliphatic rings. The van der Waals surface area contributed by atoms with E-state index in [4.69, 9.17) is 4.74 Å². The summed E-state index contributed by atoms with van der Waals surface area (Å²) < 4.78 is 7.05. The second kappa shape index (κ2) is 5.21. The van der Waals surface area contributed by atoms with Gasteiger partial charge in [-0.15, -0.1) is 0 Å². The number of carbonyl (C=O) groups excluding carboxylic acids is 1. The van der Waals surface area contributed by atoms with E-state index in [9.17, 15) is 14.7 Å². The number of piperidine rings is 1. The van der Waals surface area contributed by atoms with Crippen LogP contribution in [-0.4, -0.2) is 44.3 Å². The molecule has 3 atom stereocenters. The third-order valence-electron chi connectivity index (χ3n) is 4.89. The molecule has 1 aromatic carbocycles. The van der Waals surface area contributed by atoms with Crippen molar-refractivity contribution in [2.75, 3.05) is 13.1 Å². The van der Waals surface area contributed by atoms with E-state index in [0.717, 1.165) is 0 Å². The molecule has 1 saturated carbocycles. The lowest BCUT2D eigenvalue weighted by Crippen LogP contribution is -2.37. The standard InChI is InChI=1S/C18H21N3O4/c1-18(2,3)25-17(24)20-7-12-13(8-20)15(12)21-9-19-14-5-4-10(22)6-11(14)16(21)23/h4-6,9,12-13,15,22H,7-8H2,1-3H3/t12-,13+,15+. The first kappa shape index (κ1) is 15.9. The Hall–Kier alpha value is -2.57. The second-order valence-corrected chi connectivity index (χ2v) is 7.86. The Labute approximate surface area is 144 Å². The first-order chi connectivity index (χ1) is 11.7. The average molecular weight is 343 g/mol. The van der Waals surface area contributed by atoms with Crippen LogP contribution in [-0.2, 0) is 4.74 Å². The number of aromatic hydroxyl groups is 1. The molecular formula is C18H21N3O4. The highest BCUT2D eigenvalue weighted by Crippen LogP contribution is 2.54. The fraction of sp³-hybridized carbons (Fsp3) is 0.500. The lowest BCUT2D eigenvalue weighted by Gasteiger charge is -2.26. The number of aromatic nitrogens is 2. The molecule has 0 radical (unpaired) electrons. The van der Waals surface area contributed by atoms with Gasteiger partial charge in [0.25, 0.3) is 5.56 Å². The maximum Gasteiger partial charge on any atom is 0.410 e. The van der Waals surface area contributed by atoms with Crippen LogP contribution in [0.2, 0.25) is 0 Å². The Kier molecular flexibility index (Phi) is 3.32. The molecular weight excluding hydrogens is 322 g/mol. The minimum absolute atomic E-state index is 0.0521. The first-order valence-corrected chi connectivity index (χ1v) is 8.42. The predicted molar refractivity (Wildman–Crippen MR) is 91.5 cm³/mol. The van der Waals surface area contributed by atoms with Gasteiger partial charge >= 0.3 is 6.09 Å². The fourth-order valence-corrected chi connectivity index (χ4v) is 3.72. The van der Waals surface area contributed by atoms with E-state index >= 15 is 0 Å².